The van der Waals surface area contributed by atoms with Crippen LogP contribution in [-0.2, 0) is 6.42 Å². The Morgan fingerprint density at radius 2 is 2.42 bits per heavy atom. The van der Waals surface area contributed by atoms with Crippen molar-refractivity contribution in [3.05, 3.63) is 15.6 Å². The van der Waals surface area contributed by atoms with Gasteiger partial charge in [-0.3, -0.25) is 0 Å². The number of rotatable bonds is 0. The molecule has 0 atom stereocenters. The molecule has 0 saturated heterocycles. The molecule has 1 N–H and O–H groups in total. The average Bonchev–Trinajstić information content (AvgIpc) is 2.33. The van der Waals surface area contributed by atoms with Gasteiger partial charge in [0, 0.05) is 6.54 Å². The molecule has 0 spiro atoms. The maximum Gasteiger partial charge on any atom is 0.118 e. The second-order valence-corrected chi connectivity index (χ2v) is 4.48. The zero-order valence-corrected chi connectivity index (χ0v) is 8.52. The first kappa shape index (κ1) is 8.13. The molecule has 1 aliphatic rings. The number of hydrogen-bond acceptors (Lipinski definition) is 3. The van der Waals surface area contributed by atoms with E-state index >= 15 is 0 Å². The third kappa shape index (κ3) is 1.36. The summed E-state index contributed by atoms with van der Waals surface area (Å²) < 4.78 is 0. The number of hydrogen-bond donors (Lipinski definition) is 1. The maximum atomic E-state index is 5.22. The van der Waals surface area contributed by atoms with Crippen molar-refractivity contribution >= 4 is 28.5 Å². The van der Waals surface area contributed by atoms with E-state index in [1.165, 1.54) is 10.6 Å². The van der Waals surface area contributed by atoms with Gasteiger partial charge in [-0.25, -0.2) is 4.98 Å². The molecule has 0 saturated carbocycles. The molecule has 0 radical (unpaired) electrons. The molecular formula is C8H10N2S2. The lowest BCUT2D eigenvalue weighted by atomic mass is 10.2. The highest BCUT2D eigenvalue weighted by atomic mass is 32.1. The molecule has 2 rings (SSSR count). The Morgan fingerprint density at radius 1 is 1.58 bits per heavy atom. The second kappa shape index (κ2) is 3.11. The fourth-order valence-electron chi connectivity index (χ4n) is 1.36. The fourth-order valence-corrected chi connectivity index (χ4v) is 2.58. The maximum absolute atomic E-state index is 5.22. The lowest BCUT2D eigenvalue weighted by Gasteiger charge is -1.99. The van der Waals surface area contributed by atoms with E-state index in [9.17, 15) is 0 Å². The minimum absolute atomic E-state index is 0.883. The standard InChI is InChI=1S/C8H10N2S2/c1-5-10-6-3-2-4-9-8(11)7(6)12-5/h2-4H2,1H3,(H,9,11). The molecule has 0 unspecified atom stereocenters. The van der Waals surface area contributed by atoms with Crippen LogP contribution in [0.5, 0.6) is 0 Å². The zero-order valence-electron chi connectivity index (χ0n) is 6.89. The molecule has 1 aromatic rings. The van der Waals surface area contributed by atoms with E-state index in [1.807, 2.05) is 6.92 Å². The summed E-state index contributed by atoms with van der Waals surface area (Å²) in [7, 11) is 0. The summed E-state index contributed by atoms with van der Waals surface area (Å²) in [6.07, 6.45) is 2.20. The summed E-state index contributed by atoms with van der Waals surface area (Å²) in [6.45, 7) is 3.02. The number of aromatic nitrogens is 1. The van der Waals surface area contributed by atoms with E-state index in [4.69, 9.17) is 12.2 Å². The van der Waals surface area contributed by atoms with Gasteiger partial charge < -0.3 is 5.32 Å². The molecule has 0 amide bonds. The van der Waals surface area contributed by atoms with Gasteiger partial charge in [0.2, 0.25) is 0 Å². The molecule has 12 heavy (non-hydrogen) atoms. The zero-order chi connectivity index (χ0) is 8.55. The van der Waals surface area contributed by atoms with Crippen molar-refractivity contribution in [1.29, 1.82) is 0 Å². The number of aryl methyl sites for hydroxylation is 2. The average molecular weight is 198 g/mol. The Balaban J connectivity index is 2.44. The second-order valence-electron chi connectivity index (χ2n) is 2.87. The van der Waals surface area contributed by atoms with Gasteiger partial charge >= 0.3 is 0 Å². The minimum atomic E-state index is 0.883. The van der Waals surface area contributed by atoms with E-state index in [-0.39, 0.29) is 0 Å². The topological polar surface area (TPSA) is 24.9 Å². The SMILES string of the molecule is Cc1nc2c(s1)C(=S)NCCC2. The Morgan fingerprint density at radius 3 is 3.25 bits per heavy atom. The van der Waals surface area contributed by atoms with Crippen LogP contribution in [0.1, 0.15) is 22.0 Å². The van der Waals surface area contributed by atoms with Crippen molar-refractivity contribution in [3.8, 4) is 0 Å². The largest absolute Gasteiger partial charge is 0.375 e. The van der Waals surface area contributed by atoms with Gasteiger partial charge in [0.05, 0.1) is 15.6 Å². The van der Waals surface area contributed by atoms with Gasteiger partial charge in [0.25, 0.3) is 0 Å². The first-order chi connectivity index (χ1) is 5.77. The smallest absolute Gasteiger partial charge is 0.118 e. The number of nitrogens with one attached hydrogen (secondary N) is 1. The summed E-state index contributed by atoms with van der Waals surface area (Å²) >= 11 is 6.92. The van der Waals surface area contributed by atoms with E-state index < -0.39 is 0 Å². The highest BCUT2D eigenvalue weighted by molar-refractivity contribution is 7.81. The first-order valence-corrected chi connectivity index (χ1v) is 5.24. The van der Waals surface area contributed by atoms with Gasteiger partial charge in [-0.05, 0) is 19.8 Å². The molecule has 1 aliphatic heterocycles. The molecule has 0 bridgehead atoms. The summed E-state index contributed by atoms with van der Waals surface area (Å²) in [5, 5.41) is 4.33. The highest BCUT2D eigenvalue weighted by Crippen LogP contribution is 2.21. The van der Waals surface area contributed by atoms with Gasteiger partial charge in [-0.1, -0.05) is 12.2 Å². The van der Waals surface area contributed by atoms with E-state index in [0.29, 0.717) is 0 Å². The van der Waals surface area contributed by atoms with Crippen LogP contribution in [0.4, 0.5) is 0 Å². The highest BCUT2D eigenvalue weighted by Gasteiger charge is 2.15. The predicted octanol–water partition coefficient (Wildman–Crippen LogP) is 1.66. The van der Waals surface area contributed by atoms with Crippen LogP contribution in [0, 0.1) is 6.92 Å². The Kier molecular flexibility index (Phi) is 2.11. The summed E-state index contributed by atoms with van der Waals surface area (Å²) in [5.74, 6) is 0. The number of fused-ring (bicyclic) bond motifs is 1. The lowest BCUT2D eigenvalue weighted by molar-refractivity contribution is 0.782. The quantitative estimate of drug-likeness (QED) is 0.642. The van der Waals surface area contributed by atoms with Crippen LogP contribution in [-0.4, -0.2) is 16.5 Å². The molecule has 0 fully saturated rings. The van der Waals surface area contributed by atoms with Crippen LogP contribution in [0.2, 0.25) is 0 Å². The van der Waals surface area contributed by atoms with Gasteiger partial charge in [0.1, 0.15) is 4.99 Å². The van der Waals surface area contributed by atoms with Crippen LogP contribution in [0.3, 0.4) is 0 Å². The molecule has 2 heterocycles. The van der Waals surface area contributed by atoms with Crippen molar-refractivity contribution < 1.29 is 0 Å². The molecule has 0 aliphatic carbocycles. The van der Waals surface area contributed by atoms with Crippen molar-refractivity contribution in [1.82, 2.24) is 10.3 Å². The van der Waals surface area contributed by atoms with Crippen LogP contribution in [0.15, 0.2) is 0 Å². The van der Waals surface area contributed by atoms with Crippen LogP contribution >= 0.6 is 23.6 Å². The normalized spacial score (nSPS) is 16.6. The molecular weight excluding hydrogens is 188 g/mol. The molecule has 0 aromatic carbocycles. The molecule has 64 valence electrons. The molecule has 2 nitrogen and oxygen atoms in total. The number of thiocarbonyl (C=S) groups is 1. The molecule has 1 aromatic heterocycles. The van der Waals surface area contributed by atoms with Crippen molar-refractivity contribution in [3.63, 3.8) is 0 Å². The first-order valence-electron chi connectivity index (χ1n) is 4.02. The van der Waals surface area contributed by atoms with Crippen molar-refractivity contribution in [2.75, 3.05) is 6.54 Å². The Hall–Kier alpha value is -0.480. The fraction of sp³-hybridized carbons (Fsp3) is 0.500. The monoisotopic (exact) mass is 198 g/mol. The summed E-state index contributed by atoms with van der Waals surface area (Å²) in [5.41, 5.74) is 1.19. The van der Waals surface area contributed by atoms with Gasteiger partial charge in [0.15, 0.2) is 0 Å². The van der Waals surface area contributed by atoms with Gasteiger partial charge in [-0.15, -0.1) is 11.3 Å². The van der Waals surface area contributed by atoms with Crippen molar-refractivity contribution in [2.45, 2.75) is 19.8 Å². The summed E-state index contributed by atoms with van der Waals surface area (Å²) in [4.78, 5) is 6.52. The predicted molar refractivity (Wildman–Crippen MR) is 54.9 cm³/mol. The number of thiazole rings is 1. The number of nitrogens with zero attached hydrogens (tertiary/aromatic N) is 1. The van der Waals surface area contributed by atoms with Crippen LogP contribution in [0.25, 0.3) is 0 Å². The third-order valence-corrected chi connectivity index (χ3v) is 3.39. The van der Waals surface area contributed by atoms with Crippen LogP contribution < -0.4 is 5.32 Å². The van der Waals surface area contributed by atoms with E-state index in [1.54, 1.807) is 11.3 Å². The minimum Gasteiger partial charge on any atom is -0.375 e. The summed E-state index contributed by atoms with van der Waals surface area (Å²) in [6, 6.07) is 0. The molecule has 4 heteroatoms. The lowest BCUT2D eigenvalue weighted by Crippen LogP contribution is -2.20. The Bertz CT molecular complexity index is 317. The van der Waals surface area contributed by atoms with Gasteiger partial charge in [-0.2, -0.15) is 0 Å². The Labute approximate surface area is 81.0 Å². The van der Waals surface area contributed by atoms with E-state index in [0.717, 1.165) is 29.4 Å². The third-order valence-electron chi connectivity index (χ3n) is 1.89. The van der Waals surface area contributed by atoms with E-state index in [2.05, 4.69) is 10.3 Å². The van der Waals surface area contributed by atoms with Crippen molar-refractivity contribution in [2.24, 2.45) is 0 Å².